The first-order chi connectivity index (χ1) is 16.1. The van der Waals surface area contributed by atoms with Gasteiger partial charge in [-0.1, -0.05) is 71.3 Å². The molecule has 0 saturated heterocycles. The molecule has 0 heterocycles. The van der Waals surface area contributed by atoms with Crippen LogP contribution >= 0.6 is 11.6 Å². The Balaban J connectivity index is 1.86. The summed E-state index contributed by atoms with van der Waals surface area (Å²) in [4.78, 5) is 12.9. The highest BCUT2D eigenvalue weighted by Crippen LogP contribution is 2.26. The molecule has 0 aliphatic rings. The van der Waals surface area contributed by atoms with E-state index in [0.29, 0.717) is 16.1 Å². The highest BCUT2D eigenvalue weighted by Gasteiger charge is 2.30. The molecular weight excluding hydrogens is 470 g/mol. The van der Waals surface area contributed by atoms with E-state index in [4.69, 9.17) is 11.6 Å². The van der Waals surface area contributed by atoms with E-state index < -0.39 is 15.9 Å². The molecule has 3 aromatic carbocycles. The lowest BCUT2D eigenvalue weighted by molar-refractivity contribution is -0.121. The van der Waals surface area contributed by atoms with Crippen LogP contribution in [0.5, 0.6) is 0 Å². The Labute approximate surface area is 206 Å². The molecule has 3 aromatic rings. The van der Waals surface area contributed by atoms with Crippen molar-refractivity contribution in [2.45, 2.75) is 39.1 Å². The summed E-state index contributed by atoms with van der Waals surface area (Å²) in [5.74, 6) is -0.539. The maximum atomic E-state index is 13.7. The zero-order valence-electron chi connectivity index (χ0n) is 19.7. The molecule has 6 nitrogen and oxygen atoms in total. The number of nitrogens with one attached hydrogen (secondary N) is 1. The lowest BCUT2D eigenvalue weighted by Crippen LogP contribution is -2.39. The minimum absolute atomic E-state index is 0.0592. The van der Waals surface area contributed by atoms with Gasteiger partial charge in [0.15, 0.2) is 0 Å². The van der Waals surface area contributed by atoms with Crippen LogP contribution in [0.3, 0.4) is 0 Å². The van der Waals surface area contributed by atoms with Gasteiger partial charge in [-0.25, -0.2) is 13.8 Å². The molecule has 0 atom stereocenters. The summed E-state index contributed by atoms with van der Waals surface area (Å²) in [6.07, 6.45) is 1.47. The average molecular weight is 498 g/mol. The Morgan fingerprint density at radius 1 is 0.941 bits per heavy atom. The van der Waals surface area contributed by atoms with Crippen LogP contribution in [-0.2, 0) is 21.4 Å². The predicted octanol–water partition coefficient (Wildman–Crippen LogP) is 4.91. The molecule has 0 saturated carbocycles. The van der Waals surface area contributed by atoms with Crippen molar-refractivity contribution in [1.29, 1.82) is 0 Å². The lowest BCUT2D eigenvalue weighted by atomic mass is 10.1. The van der Waals surface area contributed by atoms with Gasteiger partial charge < -0.3 is 0 Å². The Hall–Kier alpha value is -3.00. The molecule has 34 heavy (non-hydrogen) atoms. The summed E-state index contributed by atoms with van der Waals surface area (Å²) in [6, 6.07) is 18.2. The molecule has 0 unspecified atom stereocenters. The number of carbonyl (C=O) groups is 1. The number of sulfonamides is 1. The monoisotopic (exact) mass is 497 g/mol. The Morgan fingerprint density at radius 2 is 1.53 bits per heavy atom. The molecule has 0 aliphatic carbocycles. The van der Waals surface area contributed by atoms with Crippen molar-refractivity contribution in [2.75, 3.05) is 6.54 Å². The van der Waals surface area contributed by atoms with E-state index in [1.54, 1.807) is 38.1 Å². The predicted molar refractivity (Wildman–Crippen MR) is 137 cm³/mol. The normalized spacial score (nSPS) is 11.8. The molecular formula is C26H28ClN3O3S. The first-order valence-corrected chi connectivity index (χ1v) is 12.6. The van der Waals surface area contributed by atoms with Crippen molar-refractivity contribution < 1.29 is 13.2 Å². The Kier molecular flexibility index (Phi) is 8.25. The van der Waals surface area contributed by atoms with Crippen molar-refractivity contribution in [2.24, 2.45) is 5.10 Å². The number of hydrogen-bond donors (Lipinski definition) is 1. The van der Waals surface area contributed by atoms with E-state index in [9.17, 15) is 13.2 Å². The smallest absolute Gasteiger partial charge is 0.255 e. The van der Waals surface area contributed by atoms with Crippen molar-refractivity contribution in [1.82, 2.24) is 9.73 Å². The van der Waals surface area contributed by atoms with Crippen molar-refractivity contribution >= 4 is 33.7 Å². The van der Waals surface area contributed by atoms with E-state index in [1.807, 2.05) is 50.2 Å². The largest absolute Gasteiger partial charge is 0.272 e. The Morgan fingerprint density at radius 3 is 2.12 bits per heavy atom. The van der Waals surface area contributed by atoms with Gasteiger partial charge in [-0.3, -0.25) is 4.79 Å². The standard InChI is InChI=1S/C26H28ClN3O3S/c1-18-5-7-23(8-6-18)16-30(34(32,33)26-20(3)13-19(2)14-21(26)4)17-25(31)29-28-15-22-9-11-24(27)12-10-22/h5-15H,16-17H2,1-4H3,(H,29,31). The van der Waals surface area contributed by atoms with Gasteiger partial charge in [-0.05, 0) is 62.1 Å². The summed E-state index contributed by atoms with van der Waals surface area (Å²) in [6.45, 7) is 7.11. The highest BCUT2D eigenvalue weighted by molar-refractivity contribution is 7.89. The molecule has 0 radical (unpaired) electrons. The second-order valence-electron chi connectivity index (χ2n) is 8.33. The lowest BCUT2D eigenvalue weighted by Gasteiger charge is -2.24. The average Bonchev–Trinajstić information content (AvgIpc) is 2.75. The highest BCUT2D eigenvalue weighted by atomic mass is 35.5. The summed E-state index contributed by atoms with van der Waals surface area (Å²) >= 11 is 5.88. The van der Waals surface area contributed by atoms with Gasteiger partial charge in [0.05, 0.1) is 17.7 Å². The van der Waals surface area contributed by atoms with Gasteiger partial charge in [0.2, 0.25) is 10.0 Å². The van der Waals surface area contributed by atoms with Crippen LogP contribution in [0.4, 0.5) is 0 Å². The van der Waals surface area contributed by atoms with Gasteiger partial charge in [0, 0.05) is 11.6 Å². The first kappa shape index (κ1) is 25.6. The molecule has 1 amide bonds. The van der Waals surface area contributed by atoms with Gasteiger partial charge in [0.1, 0.15) is 0 Å². The number of carbonyl (C=O) groups excluding carboxylic acids is 1. The minimum Gasteiger partial charge on any atom is -0.272 e. The number of nitrogens with zero attached hydrogens (tertiary/aromatic N) is 2. The van der Waals surface area contributed by atoms with E-state index in [-0.39, 0.29) is 18.0 Å². The maximum absolute atomic E-state index is 13.7. The third kappa shape index (κ3) is 6.53. The quantitative estimate of drug-likeness (QED) is 0.354. The molecule has 3 rings (SSSR count). The van der Waals surface area contributed by atoms with Crippen molar-refractivity contribution in [3.05, 3.63) is 99.1 Å². The van der Waals surface area contributed by atoms with Crippen LogP contribution in [0.1, 0.15) is 33.4 Å². The van der Waals surface area contributed by atoms with Crippen molar-refractivity contribution in [3.63, 3.8) is 0 Å². The molecule has 1 N–H and O–H groups in total. The van der Waals surface area contributed by atoms with Gasteiger partial charge >= 0.3 is 0 Å². The molecule has 0 aliphatic heterocycles. The molecule has 0 fully saturated rings. The molecule has 0 spiro atoms. The van der Waals surface area contributed by atoms with Crippen LogP contribution in [0.2, 0.25) is 5.02 Å². The second-order valence-corrected chi connectivity index (χ2v) is 10.6. The van der Waals surface area contributed by atoms with E-state index in [1.165, 1.54) is 10.5 Å². The van der Waals surface area contributed by atoms with Crippen LogP contribution in [0, 0.1) is 27.7 Å². The van der Waals surface area contributed by atoms with Crippen molar-refractivity contribution in [3.8, 4) is 0 Å². The number of hydrazone groups is 1. The summed E-state index contributed by atoms with van der Waals surface area (Å²) in [7, 11) is -3.96. The zero-order chi connectivity index (χ0) is 24.9. The summed E-state index contributed by atoms with van der Waals surface area (Å²) in [5, 5.41) is 4.55. The van der Waals surface area contributed by atoms with Crippen LogP contribution in [-0.4, -0.2) is 31.4 Å². The number of benzene rings is 3. The maximum Gasteiger partial charge on any atom is 0.255 e. The SMILES string of the molecule is Cc1ccc(CN(CC(=O)NN=Cc2ccc(Cl)cc2)S(=O)(=O)c2c(C)cc(C)cc2C)cc1. The van der Waals surface area contributed by atoms with E-state index in [0.717, 1.165) is 22.3 Å². The van der Waals surface area contributed by atoms with Gasteiger partial charge in [0.25, 0.3) is 5.91 Å². The third-order valence-electron chi connectivity index (χ3n) is 5.27. The zero-order valence-corrected chi connectivity index (χ0v) is 21.2. The third-order valence-corrected chi connectivity index (χ3v) is 7.62. The summed E-state index contributed by atoms with van der Waals surface area (Å²) < 4.78 is 28.6. The number of amides is 1. The van der Waals surface area contributed by atoms with Crippen LogP contribution in [0.15, 0.2) is 70.7 Å². The molecule has 8 heteroatoms. The van der Waals surface area contributed by atoms with Crippen LogP contribution in [0.25, 0.3) is 0 Å². The Bertz CT molecular complexity index is 1280. The van der Waals surface area contributed by atoms with E-state index >= 15 is 0 Å². The number of halogens is 1. The number of rotatable bonds is 8. The topological polar surface area (TPSA) is 78.8 Å². The van der Waals surface area contributed by atoms with Gasteiger partial charge in [-0.2, -0.15) is 9.41 Å². The molecule has 0 bridgehead atoms. The minimum atomic E-state index is -3.96. The fourth-order valence-corrected chi connectivity index (χ4v) is 5.67. The number of aryl methyl sites for hydroxylation is 4. The fraction of sp³-hybridized carbons (Fsp3) is 0.231. The van der Waals surface area contributed by atoms with Crippen LogP contribution < -0.4 is 5.43 Å². The van der Waals surface area contributed by atoms with E-state index in [2.05, 4.69) is 10.5 Å². The van der Waals surface area contributed by atoms with Gasteiger partial charge in [-0.15, -0.1) is 0 Å². The summed E-state index contributed by atoms with van der Waals surface area (Å²) in [5.41, 5.74) is 7.30. The number of hydrogen-bond acceptors (Lipinski definition) is 4. The molecule has 0 aromatic heterocycles. The fourth-order valence-electron chi connectivity index (χ4n) is 3.75. The first-order valence-electron chi connectivity index (χ1n) is 10.8. The second kappa shape index (κ2) is 11.0. The molecule has 178 valence electrons.